The van der Waals surface area contributed by atoms with E-state index in [1.807, 2.05) is 6.07 Å². The number of benzene rings is 1. The second kappa shape index (κ2) is 6.88. The van der Waals surface area contributed by atoms with Crippen LogP contribution in [0.1, 0.15) is 31.2 Å². The zero-order valence-electron chi connectivity index (χ0n) is 10.3. The third-order valence-electron chi connectivity index (χ3n) is 3.54. The van der Waals surface area contributed by atoms with Crippen molar-refractivity contribution >= 4 is 27.5 Å². The quantitative estimate of drug-likeness (QED) is 0.801. The lowest BCUT2D eigenvalue weighted by Crippen LogP contribution is -2.26. The van der Waals surface area contributed by atoms with Gasteiger partial charge >= 0.3 is 0 Å². The van der Waals surface area contributed by atoms with Crippen LogP contribution < -0.4 is 5.32 Å². The lowest BCUT2D eigenvalue weighted by atomic mass is 9.89. The van der Waals surface area contributed by atoms with Crippen LogP contribution in [0.2, 0.25) is 0 Å². The minimum absolute atomic E-state index is 0.203. The molecule has 0 spiro atoms. The predicted molar refractivity (Wildman–Crippen MR) is 77.4 cm³/mol. The molecule has 0 aromatic heterocycles. The third-order valence-corrected chi connectivity index (χ3v) is 4.71. The van der Waals surface area contributed by atoms with Crippen LogP contribution in [-0.2, 0) is 6.54 Å². The summed E-state index contributed by atoms with van der Waals surface area (Å²) < 4.78 is 13.8. The van der Waals surface area contributed by atoms with Crippen molar-refractivity contribution in [3.63, 3.8) is 0 Å². The van der Waals surface area contributed by atoms with Crippen molar-refractivity contribution in [1.29, 1.82) is 0 Å². The molecule has 4 heteroatoms. The average Bonchev–Trinajstić information content (AvgIpc) is 2.34. The lowest BCUT2D eigenvalue weighted by Gasteiger charge is -2.25. The van der Waals surface area contributed by atoms with Gasteiger partial charge in [0, 0.05) is 16.4 Å². The highest BCUT2D eigenvalue weighted by atomic mass is 79.9. The molecule has 1 aromatic carbocycles. The molecule has 0 atom stereocenters. The highest BCUT2D eigenvalue weighted by molar-refractivity contribution is 9.10. The topological polar surface area (TPSA) is 12.0 Å². The van der Waals surface area contributed by atoms with Crippen LogP contribution in [0.4, 0.5) is 4.39 Å². The molecule has 1 aromatic rings. The molecule has 1 aliphatic carbocycles. The van der Waals surface area contributed by atoms with Gasteiger partial charge in [-0.1, -0.05) is 22.0 Å². The molecule has 1 fully saturated rings. The second-order valence-corrected chi connectivity index (χ2v) is 6.46. The Morgan fingerprint density at radius 3 is 2.67 bits per heavy atom. The largest absolute Gasteiger partial charge is 0.312 e. The Balaban J connectivity index is 1.75. The average molecular weight is 335 g/mol. The standard InChI is InChI=1S/C14H18BrClFN/c15-14-7-13(17)6-3-11(14)9-18-8-10-1-4-12(16)5-2-10/h3,6-7,10,12,18H,1-2,4-5,8-9H2. The first-order valence-electron chi connectivity index (χ1n) is 6.44. The molecule has 1 nitrogen and oxygen atoms in total. The molecule has 0 unspecified atom stereocenters. The molecule has 0 radical (unpaired) electrons. The predicted octanol–water partition coefficient (Wildman–Crippen LogP) is 4.48. The highest BCUT2D eigenvalue weighted by Gasteiger charge is 2.18. The normalized spacial score (nSPS) is 24.2. The molecule has 0 amide bonds. The summed E-state index contributed by atoms with van der Waals surface area (Å²) in [7, 11) is 0. The molecule has 0 bridgehead atoms. The van der Waals surface area contributed by atoms with E-state index < -0.39 is 0 Å². The van der Waals surface area contributed by atoms with E-state index in [1.54, 1.807) is 0 Å². The highest BCUT2D eigenvalue weighted by Crippen LogP contribution is 2.27. The van der Waals surface area contributed by atoms with Gasteiger partial charge in [0.25, 0.3) is 0 Å². The fraction of sp³-hybridized carbons (Fsp3) is 0.571. The summed E-state index contributed by atoms with van der Waals surface area (Å²) in [6.45, 7) is 1.80. The van der Waals surface area contributed by atoms with E-state index in [4.69, 9.17) is 11.6 Å². The Morgan fingerprint density at radius 1 is 1.28 bits per heavy atom. The second-order valence-electron chi connectivity index (χ2n) is 4.98. The zero-order chi connectivity index (χ0) is 13.0. The Morgan fingerprint density at radius 2 is 2.00 bits per heavy atom. The van der Waals surface area contributed by atoms with Crippen LogP contribution in [0.3, 0.4) is 0 Å². The summed E-state index contributed by atoms with van der Waals surface area (Å²) >= 11 is 9.47. The van der Waals surface area contributed by atoms with Gasteiger partial charge in [0.1, 0.15) is 5.82 Å². The van der Waals surface area contributed by atoms with Gasteiger partial charge in [-0.2, -0.15) is 0 Å². The van der Waals surface area contributed by atoms with Crippen LogP contribution in [0.5, 0.6) is 0 Å². The van der Waals surface area contributed by atoms with Gasteiger partial charge in [-0.15, -0.1) is 11.6 Å². The first-order chi connectivity index (χ1) is 8.65. The molecule has 0 aliphatic heterocycles. The van der Waals surface area contributed by atoms with Crippen molar-refractivity contribution in [3.05, 3.63) is 34.1 Å². The Hall–Kier alpha value is -0.120. The first kappa shape index (κ1) is 14.3. The monoisotopic (exact) mass is 333 g/mol. The first-order valence-corrected chi connectivity index (χ1v) is 7.67. The summed E-state index contributed by atoms with van der Waals surface area (Å²) in [6.07, 6.45) is 4.69. The summed E-state index contributed by atoms with van der Waals surface area (Å²) in [6, 6.07) is 4.83. The van der Waals surface area contributed by atoms with E-state index in [1.165, 1.54) is 25.0 Å². The van der Waals surface area contributed by atoms with E-state index in [-0.39, 0.29) is 5.82 Å². The van der Waals surface area contributed by atoms with Crippen molar-refractivity contribution in [2.75, 3.05) is 6.54 Å². The van der Waals surface area contributed by atoms with Crippen molar-refractivity contribution in [2.45, 2.75) is 37.6 Å². The van der Waals surface area contributed by atoms with Crippen LogP contribution in [0.25, 0.3) is 0 Å². The summed E-state index contributed by atoms with van der Waals surface area (Å²) in [5, 5.41) is 3.83. The third kappa shape index (κ3) is 4.22. The van der Waals surface area contributed by atoms with Gasteiger partial charge in [0.05, 0.1) is 0 Å². The Bertz CT molecular complexity index is 391. The minimum Gasteiger partial charge on any atom is -0.312 e. The van der Waals surface area contributed by atoms with Crippen LogP contribution in [0.15, 0.2) is 22.7 Å². The molecule has 100 valence electrons. The fourth-order valence-corrected chi connectivity index (χ4v) is 3.14. The molecule has 18 heavy (non-hydrogen) atoms. The molecule has 0 heterocycles. The van der Waals surface area contributed by atoms with Crippen molar-refractivity contribution in [3.8, 4) is 0 Å². The molecular formula is C14H18BrClFN. The van der Waals surface area contributed by atoms with Crippen molar-refractivity contribution < 1.29 is 4.39 Å². The molecule has 1 N–H and O–H groups in total. The maximum absolute atomic E-state index is 12.9. The summed E-state index contributed by atoms with van der Waals surface area (Å²) in [5.74, 6) is 0.533. The minimum atomic E-state index is -0.203. The molecule has 0 saturated heterocycles. The maximum Gasteiger partial charge on any atom is 0.124 e. The molecule has 2 rings (SSSR count). The van der Waals surface area contributed by atoms with E-state index in [9.17, 15) is 4.39 Å². The van der Waals surface area contributed by atoms with Gasteiger partial charge in [0.2, 0.25) is 0 Å². The lowest BCUT2D eigenvalue weighted by molar-refractivity contribution is 0.345. The molecule has 1 aliphatic rings. The number of alkyl halides is 1. The summed E-state index contributed by atoms with van der Waals surface area (Å²) in [4.78, 5) is 0. The van der Waals surface area contributed by atoms with Gasteiger partial charge in [-0.25, -0.2) is 4.39 Å². The van der Waals surface area contributed by atoms with E-state index in [2.05, 4.69) is 21.2 Å². The maximum atomic E-state index is 12.9. The molecule has 1 saturated carbocycles. The fourth-order valence-electron chi connectivity index (χ4n) is 2.40. The van der Waals surface area contributed by atoms with Crippen LogP contribution >= 0.6 is 27.5 Å². The van der Waals surface area contributed by atoms with Crippen LogP contribution in [0, 0.1) is 11.7 Å². The van der Waals surface area contributed by atoms with E-state index in [0.717, 1.165) is 41.9 Å². The number of hydrogen-bond donors (Lipinski definition) is 1. The van der Waals surface area contributed by atoms with Gasteiger partial charge in [-0.3, -0.25) is 0 Å². The number of hydrogen-bond acceptors (Lipinski definition) is 1. The van der Waals surface area contributed by atoms with Crippen LogP contribution in [-0.4, -0.2) is 11.9 Å². The van der Waals surface area contributed by atoms with E-state index >= 15 is 0 Å². The number of halogens is 3. The zero-order valence-corrected chi connectivity index (χ0v) is 12.6. The van der Waals surface area contributed by atoms with Gasteiger partial charge in [-0.05, 0) is 55.8 Å². The van der Waals surface area contributed by atoms with E-state index in [0.29, 0.717) is 5.38 Å². The molecular weight excluding hydrogens is 317 g/mol. The number of rotatable bonds is 4. The summed E-state index contributed by atoms with van der Waals surface area (Å²) in [5.41, 5.74) is 1.10. The van der Waals surface area contributed by atoms with Crippen molar-refractivity contribution in [1.82, 2.24) is 5.32 Å². The smallest absolute Gasteiger partial charge is 0.124 e. The van der Waals surface area contributed by atoms with Crippen molar-refractivity contribution in [2.24, 2.45) is 5.92 Å². The number of nitrogens with one attached hydrogen (secondary N) is 1. The Kier molecular flexibility index (Phi) is 5.46. The Labute approximate surface area is 121 Å². The SMILES string of the molecule is Fc1ccc(CNCC2CCC(Cl)CC2)c(Br)c1. The van der Waals surface area contributed by atoms with Gasteiger partial charge < -0.3 is 5.32 Å². The van der Waals surface area contributed by atoms with Gasteiger partial charge in [0.15, 0.2) is 0 Å².